The van der Waals surface area contributed by atoms with Crippen molar-refractivity contribution in [2.45, 2.75) is 11.8 Å². The van der Waals surface area contributed by atoms with Crippen molar-refractivity contribution in [2.24, 2.45) is 0 Å². The highest BCUT2D eigenvalue weighted by atomic mass is 35.5. The smallest absolute Gasteiger partial charge is 0.262 e. The first-order valence-electron chi connectivity index (χ1n) is 7.81. The number of rotatable bonds is 8. The number of sulfonamides is 1. The van der Waals surface area contributed by atoms with Gasteiger partial charge < -0.3 is 4.74 Å². The van der Waals surface area contributed by atoms with Crippen molar-refractivity contribution in [2.75, 3.05) is 10.6 Å². The van der Waals surface area contributed by atoms with Crippen molar-refractivity contribution in [3.8, 4) is 5.75 Å². The first-order valence-corrected chi connectivity index (χ1v) is 10.6. The van der Waals surface area contributed by atoms with Gasteiger partial charge in [-0.25, -0.2) is 8.42 Å². The second-order valence-corrected chi connectivity index (χ2v) is 8.26. The molecule has 1 N–H and O–H groups in total. The first-order chi connectivity index (χ1) is 13.6. The Bertz CT molecular complexity index is 1050. The number of allylic oxidation sites excluding steroid dienone is 4. The standard InChI is InChI=1S/C17H14Cl3N3O5S/c1-11(23(24)25)4-5-13(9-18)28-17-15(19)7-14(8-16(17)20)29(26,27)22-12-3-2-6-21-10-12/h2-8,10,22H,9H2,1H3/b11-4+,13-5+. The van der Waals surface area contributed by atoms with Gasteiger partial charge in [0.2, 0.25) is 5.70 Å². The number of benzene rings is 1. The average Bonchev–Trinajstić information content (AvgIpc) is 2.66. The van der Waals surface area contributed by atoms with E-state index in [1.54, 1.807) is 6.07 Å². The lowest BCUT2D eigenvalue weighted by Crippen LogP contribution is -2.13. The summed E-state index contributed by atoms with van der Waals surface area (Å²) in [5.74, 6) is -0.0370. The van der Waals surface area contributed by atoms with Crippen LogP contribution in [0.25, 0.3) is 0 Å². The van der Waals surface area contributed by atoms with Gasteiger partial charge in [-0.3, -0.25) is 19.8 Å². The topological polar surface area (TPSA) is 111 Å². The number of nitrogens with zero attached hydrogens (tertiary/aromatic N) is 2. The molecule has 1 aromatic carbocycles. The van der Waals surface area contributed by atoms with Crippen molar-refractivity contribution in [1.29, 1.82) is 0 Å². The Morgan fingerprint density at radius 2 is 1.97 bits per heavy atom. The number of anilines is 1. The van der Waals surface area contributed by atoms with Gasteiger partial charge in [0.1, 0.15) is 5.76 Å². The van der Waals surface area contributed by atoms with Gasteiger partial charge in [0, 0.05) is 19.2 Å². The minimum absolute atomic E-state index is 0.0345. The maximum atomic E-state index is 12.5. The summed E-state index contributed by atoms with van der Waals surface area (Å²) in [7, 11) is -3.98. The van der Waals surface area contributed by atoms with E-state index in [1.165, 1.54) is 37.5 Å². The van der Waals surface area contributed by atoms with Crippen molar-refractivity contribution in [3.63, 3.8) is 0 Å². The molecule has 0 aliphatic rings. The molecule has 154 valence electrons. The van der Waals surface area contributed by atoms with Gasteiger partial charge in [-0.05, 0) is 30.3 Å². The molecule has 0 radical (unpaired) electrons. The summed E-state index contributed by atoms with van der Waals surface area (Å²) < 4.78 is 32.9. The van der Waals surface area contributed by atoms with E-state index in [1.807, 2.05) is 0 Å². The number of pyridine rings is 1. The molecule has 0 unspecified atom stereocenters. The summed E-state index contributed by atoms with van der Waals surface area (Å²) in [5, 5.41) is 10.5. The zero-order chi connectivity index (χ0) is 21.6. The molecule has 0 saturated heterocycles. The number of hydrogen-bond donors (Lipinski definition) is 1. The summed E-state index contributed by atoms with van der Waals surface area (Å²) >= 11 is 18.1. The number of alkyl halides is 1. The monoisotopic (exact) mass is 477 g/mol. The molecular formula is C17H14Cl3N3O5S. The fourth-order valence-corrected chi connectivity index (χ4v) is 3.87. The molecule has 0 spiro atoms. The van der Waals surface area contributed by atoms with Gasteiger partial charge in [-0.1, -0.05) is 23.2 Å². The normalized spacial score (nSPS) is 12.6. The molecule has 0 fully saturated rings. The summed E-state index contributed by atoms with van der Waals surface area (Å²) in [4.78, 5) is 13.7. The zero-order valence-electron chi connectivity index (χ0n) is 14.8. The Hall–Kier alpha value is -2.33. The fraction of sp³-hybridized carbons (Fsp3) is 0.118. The van der Waals surface area contributed by atoms with Crippen LogP contribution in [-0.2, 0) is 10.0 Å². The predicted molar refractivity (Wildman–Crippen MR) is 112 cm³/mol. The summed E-state index contributed by atoms with van der Waals surface area (Å²) in [5.41, 5.74) is 0.136. The Balaban J connectivity index is 2.32. The van der Waals surface area contributed by atoms with Crippen molar-refractivity contribution in [3.05, 3.63) is 80.4 Å². The van der Waals surface area contributed by atoms with Crippen LogP contribution < -0.4 is 9.46 Å². The minimum atomic E-state index is -3.98. The fourth-order valence-electron chi connectivity index (χ4n) is 1.94. The van der Waals surface area contributed by atoms with Gasteiger partial charge in [0.25, 0.3) is 10.0 Å². The molecule has 0 atom stereocenters. The van der Waals surface area contributed by atoms with Crippen LogP contribution >= 0.6 is 34.8 Å². The molecule has 0 aliphatic carbocycles. The van der Waals surface area contributed by atoms with Crippen LogP contribution in [0.2, 0.25) is 10.0 Å². The van der Waals surface area contributed by atoms with Crippen molar-refractivity contribution < 1.29 is 18.1 Å². The van der Waals surface area contributed by atoms with Gasteiger partial charge >= 0.3 is 0 Å². The average molecular weight is 479 g/mol. The molecule has 2 rings (SSSR count). The molecule has 1 aromatic heterocycles. The minimum Gasteiger partial charge on any atom is -0.457 e. The maximum absolute atomic E-state index is 12.5. The summed E-state index contributed by atoms with van der Waals surface area (Å²) in [6.45, 7) is 1.30. The summed E-state index contributed by atoms with van der Waals surface area (Å²) in [6, 6.07) is 5.42. The van der Waals surface area contributed by atoms with Crippen molar-refractivity contribution in [1.82, 2.24) is 4.98 Å². The number of aromatic nitrogens is 1. The van der Waals surface area contributed by atoms with E-state index in [4.69, 9.17) is 39.5 Å². The van der Waals surface area contributed by atoms with Crippen LogP contribution in [0.4, 0.5) is 5.69 Å². The van der Waals surface area contributed by atoms with Gasteiger partial charge in [0.15, 0.2) is 5.75 Å². The van der Waals surface area contributed by atoms with E-state index < -0.39 is 14.9 Å². The Morgan fingerprint density at radius 1 is 1.31 bits per heavy atom. The SMILES string of the molecule is C/C(=C\C=C(/CCl)Oc1c(Cl)cc(S(=O)(=O)Nc2cccnc2)cc1Cl)[N+](=O)[O-]. The second kappa shape index (κ2) is 9.93. The molecule has 0 saturated carbocycles. The van der Waals surface area contributed by atoms with E-state index in [2.05, 4.69) is 9.71 Å². The molecule has 12 heteroatoms. The van der Waals surface area contributed by atoms with E-state index in [9.17, 15) is 18.5 Å². The predicted octanol–water partition coefficient (Wildman–Crippen LogP) is 4.87. The van der Waals surface area contributed by atoms with E-state index in [0.717, 1.165) is 12.1 Å². The van der Waals surface area contributed by atoms with E-state index in [-0.39, 0.29) is 43.7 Å². The lowest BCUT2D eigenvalue weighted by atomic mass is 10.3. The Kier molecular flexibility index (Phi) is 7.86. The third kappa shape index (κ3) is 6.33. The third-order valence-electron chi connectivity index (χ3n) is 3.36. The Morgan fingerprint density at radius 3 is 2.48 bits per heavy atom. The van der Waals surface area contributed by atoms with Gasteiger partial charge in [-0.2, -0.15) is 0 Å². The van der Waals surface area contributed by atoms with Crippen LogP contribution in [0.3, 0.4) is 0 Å². The van der Waals surface area contributed by atoms with Gasteiger partial charge in [-0.15, -0.1) is 11.6 Å². The van der Waals surface area contributed by atoms with Crippen LogP contribution in [-0.4, -0.2) is 24.2 Å². The largest absolute Gasteiger partial charge is 0.457 e. The third-order valence-corrected chi connectivity index (χ3v) is 5.54. The lowest BCUT2D eigenvalue weighted by Gasteiger charge is -2.13. The molecular weight excluding hydrogens is 465 g/mol. The Labute approximate surface area is 182 Å². The van der Waals surface area contributed by atoms with Crippen LogP contribution in [0.5, 0.6) is 5.75 Å². The quantitative estimate of drug-likeness (QED) is 0.190. The highest BCUT2D eigenvalue weighted by Crippen LogP contribution is 2.37. The van der Waals surface area contributed by atoms with Gasteiger partial charge in [0.05, 0.1) is 37.6 Å². The number of nitrogens with one attached hydrogen (secondary N) is 1. The molecule has 0 amide bonds. The van der Waals surface area contributed by atoms with E-state index >= 15 is 0 Å². The van der Waals surface area contributed by atoms with E-state index in [0.29, 0.717) is 0 Å². The molecule has 0 bridgehead atoms. The van der Waals surface area contributed by atoms with Crippen molar-refractivity contribution >= 4 is 50.5 Å². The highest BCUT2D eigenvalue weighted by Gasteiger charge is 2.20. The van der Waals surface area contributed by atoms with Crippen LogP contribution in [0.15, 0.2) is 65.2 Å². The van der Waals surface area contributed by atoms with Crippen LogP contribution in [0.1, 0.15) is 6.92 Å². The molecule has 0 aliphatic heterocycles. The zero-order valence-corrected chi connectivity index (χ0v) is 17.9. The number of ether oxygens (including phenoxy) is 1. The summed E-state index contributed by atoms with van der Waals surface area (Å²) in [6.07, 6.45) is 5.35. The maximum Gasteiger partial charge on any atom is 0.262 e. The molecule has 8 nitrogen and oxygen atoms in total. The highest BCUT2D eigenvalue weighted by molar-refractivity contribution is 7.92. The van der Waals surface area contributed by atoms with Crippen LogP contribution in [0, 0.1) is 10.1 Å². The lowest BCUT2D eigenvalue weighted by molar-refractivity contribution is -0.424. The molecule has 1 heterocycles. The number of halogens is 3. The molecule has 29 heavy (non-hydrogen) atoms. The molecule has 2 aromatic rings. The first kappa shape index (κ1) is 23.0. The number of hydrogen-bond acceptors (Lipinski definition) is 6. The number of nitro groups is 1. The second-order valence-electron chi connectivity index (χ2n) is 5.50.